The maximum Gasteiger partial charge on any atom is 0.326 e. The van der Waals surface area contributed by atoms with Crippen LogP contribution < -0.4 is 0 Å². The summed E-state index contributed by atoms with van der Waals surface area (Å²) in [6.07, 6.45) is -0.810. The number of hydrogen-bond donors (Lipinski definition) is 2. The van der Waals surface area contributed by atoms with Crippen LogP contribution in [0.4, 0.5) is 0 Å². The molecule has 19 heavy (non-hydrogen) atoms. The fourth-order valence-corrected chi connectivity index (χ4v) is 2.64. The Balaban J connectivity index is 2.30. The monoisotopic (exact) mass is 303 g/mol. The molecule has 1 aliphatic heterocycles. The number of halogens is 2. The third-order valence-corrected chi connectivity index (χ3v) is 3.37. The van der Waals surface area contributed by atoms with Gasteiger partial charge in [0, 0.05) is 28.6 Å². The van der Waals surface area contributed by atoms with Crippen LogP contribution in [0.25, 0.3) is 0 Å². The fraction of sp³-hybridized carbons (Fsp3) is 0.333. The Morgan fingerprint density at radius 3 is 2.32 bits per heavy atom. The zero-order chi connectivity index (χ0) is 14.2. The Labute approximate surface area is 119 Å². The van der Waals surface area contributed by atoms with Crippen molar-refractivity contribution in [1.82, 2.24) is 4.90 Å². The number of benzene rings is 1. The van der Waals surface area contributed by atoms with E-state index in [1.54, 1.807) is 0 Å². The van der Waals surface area contributed by atoms with Crippen LogP contribution in [0.5, 0.6) is 0 Å². The number of aliphatic hydroxyl groups is 1. The van der Waals surface area contributed by atoms with Crippen molar-refractivity contribution < 1.29 is 19.8 Å². The van der Waals surface area contributed by atoms with Crippen molar-refractivity contribution >= 4 is 35.1 Å². The van der Waals surface area contributed by atoms with Gasteiger partial charge in [-0.15, -0.1) is 0 Å². The number of rotatable bonds is 2. The number of carboxylic acid groups (broad SMARTS) is 1. The summed E-state index contributed by atoms with van der Waals surface area (Å²) in [4.78, 5) is 24.4. The summed E-state index contributed by atoms with van der Waals surface area (Å²) in [5.41, 5.74) is 0.206. The van der Waals surface area contributed by atoms with Gasteiger partial charge in [-0.3, -0.25) is 4.79 Å². The average Bonchev–Trinajstić information content (AvgIpc) is 2.69. The number of aliphatic hydroxyl groups excluding tert-OH is 1. The van der Waals surface area contributed by atoms with Crippen LogP contribution >= 0.6 is 23.2 Å². The number of aliphatic carboxylic acids is 1. The van der Waals surface area contributed by atoms with E-state index in [9.17, 15) is 14.7 Å². The molecule has 1 aromatic rings. The van der Waals surface area contributed by atoms with Crippen molar-refractivity contribution in [1.29, 1.82) is 0 Å². The smallest absolute Gasteiger partial charge is 0.326 e. The maximum absolute atomic E-state index is 12.2. The van der Waals surface area contributed by atoms with Crippen LogP contribution in [-0.2, 0) is 4.79 Å². The molecular formula is C12H11Cl2NO4. The van der Waals surface area contributed by atoms with Crippen LogP contribution in [-0.4, -0.2) is 45.7 Å². The summed E-state index contributed by atoms with van der Waals surface area (Å²) in [6, 6.07) is 3.28. The molecule has 0 radical (unpaired) electrons. The van der Waals surface area contributed by atoms with Crippen molar-refractivity contribution in [3.8, 4) is 0 Å². The lowest BCUT2D eigenvalue weighted by Gasteiger charge is -2.21. The summed E-state index contributed by atoms with van der Waals surface area (Å²) in [5, 5.41) is 19.2. The first-order valence-electron chi connectivity index (χ1n) is 5.56. The lowest BCUT2D eigenvalue weighted by molar-refractivity contribution is -0.141. The molecule has 0 aromatic heterocycles. The molecule has 0 aliphatic carbocycles. The van der Waals surface area contributed by atoms with Crippen molar-refractivity contribution in [2.45, 2.75) is 18.6 Å². The van der Waals surface area contributed by atoms with Gasteiger partial charge in [-0.1, -0.05) is 23.2 Å². The number of amides is 1. The van der Waals surface area contributed by atoms with Crippen LogP contribution in [0, 0.1) is 0 Å². The summed E-state index contributed by atoms with van der Waals surface area (Å²) in [6.45, 7) is -0.0140. The van der Waals surface area contributed by atoms with Gasteiger partial charge in [-0.05, 0) is 18.2 Å². The number of nitrogens with zero attached hydrogens (tertiary/aromatic N) is 1. The molecule has 1 amide bonds. The summed E-state index contributed by atoms with van der Waals surface area (Å²) in [7, 11) is 0. The van der Waals surface area contributed by atoms with Crippen molar-refractivity contribution in [2.24, 2.45) is 0 Å². The number of carbonyl (C=O) groups is 2. The predicted molar refractivity (Wildman–Crippen MR) is 69.5 cm³/mol. The minimum absolute atomic E-state index is 0.0140. The van der Waals surface area contributed by atoms with E-state index >= 15 is 0 Å². The minimum atomic E-state index is -1.14. The third kappa shape index (κ3) is 3.00. The zero-order valence-electron chi connectivity index (χ0n) is 9.72. The molecule has 2 rings (SSSR count). The molecule has 2 atom stereocenters. The lowest BCUT2D eigenvalue weighted by atomic mass is 10.1. The first kappa shape index (κ1) is 14.1. The Kier molecular flexibility index (Phi) is 3.99. The molecule has 1 aromatic carbocycles. The molecule has 0 saturated carbocycles. The minimum Gasteiger partial charge on any atom is -0.480 e. The highest BCUT2D eigenvalue weighted by atomic mass is 35.5. The van der Waals surface area contributed by atoms with Crippen molar-refractivity contribution in [2.75, 3.05) is 6.54 Å². The van der Waals surface area contributed by atoms with Gasteiger partial charge < -0.3 is 15.1 Å². The largest absolute Gasteiger partial charge is 0.480 e. The highest BCUT2D eigenvalue weighted by molar-refractivity contribution is 6.35. The van der Waals surface area contributed by atoms with Gasteiger partial charge in [0.25, 0.3) is 5.91 Å². The van der Waals surface area contributed by atoms with Crippen LogP contribution in [0.2, 0.25) is 10.0 Å². The molecular weight excluding hydrogens is 293 g/mol. The fourth-order valence-electron chi connectivity index (χ4n) is 2.12. The second-order valence-electron chi connectivity index (χ2n) is 4.36. The zero-order valence-corrected chi connectivity index (χ0v) is 11.2. The normalized spacial score (nSPS) is 22.6. The standard InChI is InChI=1S/C12H11Cl2NO4/c13-7-1-6(2-8(14)3-7)11(17)15-5-9(16)4-10(15)12(18)19/h1-3,9-10,16H,4-5H2,(H,18,19)/t9-,10+/m1/s1. The number of carbonyl (C=O) groups excluding carboxylic acids is 1. The van der Waals surface area contributed by atoms with Gasteiger partial charge >= 0.3 is 5.97 Å². The van der Waals surface area contributed by atoms with Gasteiger partial charge in [0.15, 0.2) is 0 Å². The quantitative estimate of drug-likeness (QED) is 0.871. The predicted octanol–water partition coefficient (Wildman–Crippen LogP) is 1.65. The molecule has 2 N–H and O–H groups in total. The van der Waals surface area contributed by atoms with Gasteiger partial charge in [-0.2, -0.15) is 0 Å². The van der Waals surface area contributed by atoms with Crippen LogP contribution in [0.15, 0.2) is 18.2 Å². The highest BCUT2D eigenvalue weighted by Crippen LogP contribution is 2.24. The number of carboxylic acids is 1. The Bertz CT molecular complexity index is 514. The Hall–Kier alpha value is -1.30. The Morgan fingerprint density at radius 1 is 1.21 bits per heavy atom. The van der Waals surface area contributed by atoms with Crippen molar-refractivity contribution in [3.05, 3.63) is 33.8 Å². The Morgan fingerprint density at radius 2 is 1.79 bits per heavy atom. The van der Waals surface area contributed by atoms with Crippen LogP contribution in [0.1, 0.15) is 16.8 Å². The third-order valence-electron chi connectivity index (χ3n) is 2.93. The van der Waals surface area contributed by atoms with E-state index in [0.717, 1.165) is 4.90 Å². The number of hydrogen-bond acceptors (Lipinski definition) is 3. The van der Waals surface area contributed by atoms with Gasteiger partial charge in [-0.25, -0.2) is 4.79 Å². The summed E-state index contributed by atoms with van der Waals surface area (Å²) < 4.78 is 0. The maximum atomic E-state index is 12.2. The molecule has 0 unspecified atom stereocenters. The van der Waals surface area contributed by atoms with E-state index in [-0.39, 0.29) is 18.5 Å². The van der Waals surface area contributed by atoms with E-state index in [1.165, 1.54) is 18.2 Å². The number of β-amino-alcohol motifs (C(OH)–C–C–N with tert-alkyl or cyclic N) is 1. The first-order valence-corrected chi connectivity index (χ1v) is 6.32. The molecule has 5 nitrogen and oxygen atoms in total. The van der Waals surface area contributed by atoms with Crippen LogP contribution in [0.3, 0.4) is 0 Å². The second-order valence-corrected chi connectivity index (χ2v) is 5.23. The highest BCUT2D eigenvalue weighted by Gasteiger charge is 2.39. The van der Waals surface area contributed by atoms with E-state index < -0.39 is 24.0 Å². The first-order chi connectivity index (χ1) is 8.88. The molecule has 102 valence electrons. The lowest BCUT2D eigenvalue weighted by Crippen LogP contribution is -2.40. The molecule has 1 saturated heterocycles. The van der Waals surface area contributed by atoms with E-state index in [1.807, 2.05) is 0 Å². The van der Waals surface area contributed by atoms with E-state index in [0.29, 0.717) is 10.0 Å². The molecule has 7 heteroatoms. The number of likely N-dealkylation sites (tertiary alicyclic amines) is 1. The second kappa shape index (κ2) is 5.36. The van der Waals surface area contributed by atoms with E-state index in [2.05, 4.69) is 0 Å². The molecule has 1 heterocycles. The average molecular weight is 304 g/mol. The van der Waals surface area contributed by atoms with Gasteiger partial charge in [0.2, 0.25) is 0 Å². The molecule has 1 fully saturated rings. The van der Waals surface area contributed by atoms with E-state index in [4.69, 9.17) is 28.3 Å². The molecule has 0 spiro atoms. The molecule has 0 bridgehead atoms. The SMILES string of the molecule is O=C(O)[C@@H]1C[C@@H](O)CN1C(=O)c1cc(Cl)cc(Cl)c1. The molecule has 1 aliphatic rings. The summed E-state index contributed by atoms with van der Waals surface area (Å²) >= 11 is 11.6. The van der Waals surface area contributed by atoms with Crippen molar-refractivity contribution in [3.63, 3.8) is 0 Å². The summed E-state index contributed by atoms with van der Waals surface area (Å²) in [5.74, 6) is -1.65. The van der Waals surface area contributed by atoms with Gasteiger partial charge in [0.1, 0.15) is 6.04 Å². The topological polar surface area (TPSA) is 77.8 Å². The van der Waals surface area contributed by atoms with Gasteiger partial charge in [0.05, 0.1) is 6.10 Å².